The lowest BCUT2D eigenvalue weighted by atomic mass is 9.85. The SMILES string of the molecule is O=C(CN1C(C(=O)O)CC2CCCCC21)NCCc1cccc(Cl)c1Cl. The van der Waals surface area contributed by atoms with Crippen LogP contribution in [0.15, 0.2) is 18.2 Å². The first-order valence-electron chi connectivity index (χ1n) is 9.15. The predicted octanol–water partition coefficient (Wildman–Crippen LogP) is 3.37. The Bertz CT molecular complexity index is 683. The summed E-state index contributed by atoms with van der Waals surface area (Å²) in [6.07, 6.45) is 5.57. The van der Waals surface area contributed by atoms with E-state index >= 15 is 0 Å². The molecule has 1 saturated carbocycles. The molecule has 0 bridgehead atoms. The van der Waals surface area contributed by atoms with Gasteiger partial charge in [-0.1, -0.05) is 48.2 Å². The van der Waals surface area contributed by atoms with Crippen LogP contribution in [0, 0.1) is 5.92 Å². The first-order valence-corrected chi connectivity index (χ1v) is 9.91. The molecule has 1 aliphatic heterocycles. The number of halogens is 2. The second kappa shape index (κ2) is 8.59. The first-order chi connectivity index (χ1) is 12.5. The van der Waals surface area contributed by atoms with Crippen molar-refractivity contribution in [3.8, 4) is 0 Å². The van der Waals surface area contributed by atoms with E-state index in [4.69, 9.17) is 23.2 Å². The van der Waals surface area contributed by atoms with Gasteiger partial charge in [0.25, 0.3) is 0 Å². The number of amides is 1. The smallest absolute Gasteiger partial charge is 0.320 e. The molecule has 1 aromatic rings. The molecular weight excluding hydrogens is 375 g/mol. The van der Waals surface area contributed by atoms with Crippen LogP contribution < -0.4 is 5.32 Å². The molecule has 3 rings (SSSR count). The monoisotopic (exact) mass is 398 g/mol. The molecule has 1 amide bonds. The molecule has 7 heteroatoms. The molecule has 0 spiro atoms. The molecule has 3 atom stereocenters. The van der Waals surface area contributed by atoms with Gasteiger partial charge in [0.15, 0.2) is 0 Å². The molecule has 142 valence electrons. The van der Waals surface area contributed by atoms with Crippen LogP contribution in [0.2, 0.25) is 10.0 Å². The summed E-state index contributed by atoms with van der Waals surface area (Å²) in [7, 11) is 0. The highest BCUT2D eigenvalue weighted by Gasteiger charge is 2.45. The van der Waals surface area contributed by atoms with Gasteiger partial charge in [-0.15, -0.1) is 0 Å². The zero-order chi connectivity index (χ0) is 18.7. The van der Waals surface area contributed by atoms with E-state index in [9.17, 15) is 14.7 Å². The van der Waals surface area contributed by atoms with Crippen molar-refractivity contribution in [2.75, 3.05) is 13.1 Å². The number of aliphatic carboxylic acids is 1. The highest BCUT2D eigenvalue weighted by Crippen LogP contribution is 2.39. The quantitative estimate of drug-likeness (QED) is 0.770. The van der Waals surface area contributed by atoms with Crippen molar-refractivity contribution in [2.45, 2.75) is 50.6 Å². The summed E-state index contributed by atoms with van der Waals surface area (Å²) < 4.78 is 0. The number of hydrogen-bond donors (Lipinski definition) is 2. The zero-order valence-electron chi connectivity index (χ0n) is 14.6. The lowest BCUT2D eigenvalue weighted by Crippen LogP contribution is -2.47. The molecule has 1 saturated heterocycles. The number of carboxylic acid groups (broad SMARTS) is 1. The van der Waals surface area contributed by atoms with Gasteiger partial charge in [0.05, 0.1) is 16.6 Å². The highest BCUT2D eigenvalue weighted by atomic mass is 35.5. The molecule has 3 unspecified atom stereocenters. The minimum atomic E-state index is -0.821. The van der Waals surface area contributed by atoms with Gasteiger partial charge in [0.2, 0.25) is 5.91 Å². The van der Waals surface area contributed by atoms with Gasteiger partial charge in [-0.25, -0.2) is 0 Å². The van der Waals surface area contributed by atoms with Gasteiger partial charge >= 0.3 is 5.97 Å². The number of nitrogens with one attached hydrogen (secondary N) is 1. The van der Waals surface area contributed by atoms with Crippen molar-refractivity contribution in [2.24, 2.45) is 5.92 Å². The molecule has 2 N–H and O–H groups in total. The maximum Gasteiger partial charge on any atom is 0.320 e. The van der Waals surface area contributed by atoms with Crippen LogP contribution in [-0.2, 0) is 16.0 Å². The van der Waals surface area contributed by atoms with Crippen LogP contribution in [0.5, 0.6) is 0 Å². The highest BCUT2D eigenvalue weighted by molar-refractivity contribution is 6.42. The third kappa shape index (κ3) is 4.33. The molecule has 2 fully saturated rings. The Morgan fingerprint density at radius 3 is 2.77 bits per heavy atom. The van der Waals surface area contributed by atoms with Crippen molar-refractivity contribution in [3.05, 3.63) is 33.8 Å². The molecule has 1 heterocycles. The number of likely N-dealkylation sites (tertiary alicyclic amines) is 1. The molecule has 26 heavy (non-hydrogen) atoms. The van der Waals surface area contributed by atoms with Gasteiger partial charge < -0.3 is 10.4 Å². The fourth-order valence-electron chi connectivity index (χ4n) is 4.32. The second-order valence-corrected chi connectivity index (χ2v) is 7.97. The maximum atomic E-state index is 12.4. The number of benzene rings is 1. The van der Waals surface area contributed by atoms with E-state index in [0.29, 0.717) is 35.3 Å². The van der Waals surface area contributed by atoms with Crippen molar-refractivity contribution >= 4 is 35.1 Å². The molecule has 0 radical (unpaired) electrons. The van der Waals surface area contributed by atoms with Gasteiger partial charge in [-0.05, 0) is 43.2 Å². The van der Waals surface area contributed by atoms with Crippen LogP contribution in [0.3, 0.4) is 0 Å². The van der Waals surface area contributed by atoms with Gasteiger partial charge in [0, 0.05) is 12.6 Å². The van der Waals surface area contributed by atoms with E-state index in [-0.39, 0.29) is 18.5 Å². The third-order valence-corrected chi connectivity index (χ3v) is 6.44. The van der Waals surface area contributed by atoms with Crippen LogP contribution in [0.1, 0.15) is 37.7 Å². The van der Waals surface area contributed by atoms with Crippen LogP contribution in [-0.4, -0.2) is 47.1 Å². The van der Waals surface area contributed by atoms with Gasteiger partial charge in [-0.2, -0.15) is 0 Å². The first kappa shape index (κ1) is 19.5. The minimum Gasteiger partial charge on any atom is -0.480 e. The number of fused-ring (bicyclic) bond motifs is 1. The number of carbonyl (C=O) groups is 2. The van der Waals surface area contributed by atoms with Crippen molar-refractivity contribution in [1.29, 1.82) is 0 Å². The maximum absolute atomic E-state index is 12.4. The Labute approximate surface area is 163 Å². The lowest BCUT2D eigenvalue weighted by Gasteiger charge is -2.32. The van der Waals surface area contributed by atoms with Gasteiger partial charge in [0.1, 0.15) is 6.04 Å². The van der Waals surface area contributed by atoms with Gasteiger partial charge in [-0.3, -0.25) is 14.5 Å². The number of nitrogens with zero attached hydrogens (tertiary/aromatic N) is 1. The molecule has 5 nitrogen and oxygen atoms in total. The normalized spacial score (nSPS) is 25.7. The average molecular weight is 399 g/mol. The zero-order valence-corrected chi connectivity index (χ0v) is 16.1. The predicted molar refractivity (Wildman–Crippen MR) is 102 cm³/mol. The Kier molecular flexibility index (Phi) is 6.43. The molecule has 1 aliphatic carbocycles. The van der Waals surface area contributed by atoms with E-state index < -0.39 is 12.0 Å². The minimum absolute atomic E-state index is 0.138. The Hall–Kier alpha value is -1.30. The van der Waals surface area contributed by atoms with E-state index in [1.807, 2.05) is 17.0 Å². The Balaban J connectivity index is 1.54. The second-order valence-electron chi connectivity index (χ2n) is 7.19. The number of carbonyl (C=O) groups excluding carboxylic acids is 1. The summed E-state index contributed by atoms with van der Waals surface area (Å²) in [6.45, 7) is 0.583. The average Bonchev–Trinajstić information content (AvgIpc) is 2.98. The van der Waals surface area contributed by atoms with E-state index in [2.05, 4.69) is 5.32 Å². The Morgan fingerprint density at radius 1 is 1.23 bits per heavy atom. The summed E-state index contributed by atoms with van der Waals surface area (Å²) in [5.74, 6) is -0.554. The van der Waals surface area contributed by atoms with Crippen molar-refractivity contribution in [3.63, 3.8) is 0 Å². The molecule has 0 aromatic heterocycles. The van der Waals surface area contributed by atoms with E-state index in [1.54, 1.807) is 6.07 Å². The van der Waals surface area contributed by atoms with E-state index in [1.165, 1.54) is 0 Å². The van der Waals surface area contributed by atoms with Crippen molar-refractivity contribution < 1.29 is 14.7 Å². The summed E-state index contributed by atoms with van der Waals surface area (Å²) in [4.78, 5) is 25.9. The van der Waals surface area contributed by atoms with Crippen LogP contribution in [0.25, 0.3) is 0 Å². The molecule has 1 aromatic carbocycles. The summed E-state index contributed by atoms with van der Waals surface area (Å²) >= 11 is 12.2. The summed E-state index contributed by atoms with van der Waals surface area (Å²) in [5, 5.41) is 13.4. The van der Waals surface area contributed by atoms with Crippen molar-refractivity contribution in [1.82, 2.24) is 10.2 Å². The largest absolute Gasteiger partial charge is 0.480 e. The standard InChI is InChI=1S/C19H24Cl2N2O3/c20-14-6-3-5-12(18(14)21)8-9-22-17(24)11-23-15-7-2-1-4-13(15)10-16(23)19(25)26/h3,5-6,13,15-16H,1-2,4,7-11H2,(H,22,24)(H,25,26). The molecule has 2 aliphatic rings. The fourth-order valence-corrected chi connectivity index (χ4v) is 4.74. The van der Waals surface area contributed by atoms with Crippen LogP contribution in [0.4, 0.5) is 0 Å². The Morgan fingerprint density at radius 2 is 2.00 bits per heavy atom. The number of rotatable bonds is 6. The number of carboxylic acids is 1. The molecular formula is C19H24Cl2N2O3. The van der Waals surface area contributed by atoms with Crippen LogP contribution >= 0.6 is 23.2 Å². The third-order valence-electron chi connectivity index (χ3n) is 5.58. The number of hydrogen-bond acceptors (Lipinski definition) is 3. The summed E-state index contributed by atoms with van der Waals surface area (Å²) in [5.41, 5.74) is 0.886. The summed E-state index contributed by atoms with van der Waals surface area (Å²) in [6, 6.07) is 5.12. The fraction of sp³-hybridized carbons (Fsp3) is 0.579. The topological polar surface area (TPSA) is 69.6 Å². The lowest BCUT2D eigenvalue weighted by molar-refractivity contribution is -0.143. The van der Waals surface area contributed by atoms with E-state index in [0.717, 1.165) is 31.2 Å².